The highest BCUT2D eigenvalue weighted by molar-refractivity contribution is 5.13. The van der Waals surface area contributed by atoms with Crippen LogP contribution in [-0.2, 0) is 6.42 Å². The summed E-state index contributed by atoms with van der Waals surface area (Å²) in [7, 11) is 0. The fourth-order valence-corrected chi connectivity index (χ4v) is 3.49. The van der Waals surface area contributed by atoms with E-state index >= 15 is 0 Å². The van der Waals surface area contributed by atoms with Crippen LogP contribution in [0.1, 0.15) is 18.9 Å². The van der Waals surface area contributed by atoms with Gasteiger partial charge in [-0.25, -0.2) is 0 Å². The van der Waals surface area contributed by atoms with Crippen LogP contribution in [0.15, 0.2) is 24.5 Å². The molecule has 0 aliphatic carbocycles. The van der Waals surface area contributed by atoms with Crippen LogP contribution in [0.3, 0.4) is 0 Å². The van der Waals surface area contributed by atoms with Crippen LogP contribution >= 0.6 is 0 Å². The number of aromatic nitrogens is 1. The van der Waals surface area contributed by atoms with Crippen molar-refractivity contribution >= 4 is 0 Å². The summed E-state index contributed by atoms with van der Waals surface area (Å²) in [5.41, 5.74) is 1.39. The van der Waals surface area contributed by atoms with Crippen molar-refractivity contribution in [2.45, 2.75) is 31.8 Å². The van der Waals surface area contributed by atoms with Crippen molar-refractivity contribution in [1.29, 1.82) is 0 Å². The molecule has 3 fully saturated rings. The van der Waals surface area contributed by atoms with Crippen molar-refractivity contribution < 1.29 is 0 Å². The minimum atomic E-state index is 0.556. The average molecular weight is 274 g/mol. The van der Waals surface area contributed by atoms with E-state index in [-0.39, 0.29) is 0 Å². The molecule has 4 heteroatoms. The molecule has 2 atom stereocenters. The van der Waals surface area contributed by atoms with Gasteiger partial charge in [-0.1, -0.05) is 6.92 Å². The van der Waals surface area contributed by atoms with Crippen LogP contribution in [0.5, 0.6) is 0 Å². The highest BCUT2D eigenvalue weighted by Gasteiger charge is 2.36. The van der Waals surface area contributed by atoms with Gasteiger partial charge in [-0.05, 0) is 37.1 Å². The summed E-state index contributed by atoms with van der Waals surface area (Å²) in [6.07, 6.45) is 6.12. The van der Waals surface area contributed by atoms with E-state index in [2.05, 4.69) is 39.2 Å². The lowest BCUT2D eigenvalue weighted by Crippen LogP contribution is -2.66. The van der Waals surface area contributed by atoms with Gasteiger partial charge in [0.1, 0.15) is 0 Å². The van der Waals surface area contributed by atoms with Gasteiger partial charge < -0.3 is 5.32 Å². The summed E-state index contributed by atoms with van der Waals surface area (Å²) < 4.78 is 0. The monoisotopic (exact) mass is 274 g/mol. The smallest absolute Gasteiger partial charge is 0.0380 e. The molecule has 3 aliphatic rings. The Morgan fingerprint density at radius 3 is 2.60 bits per heavy atom. The van der Waals surface area contributed by atoms with Gasteiger partial charge in [-0.2, -0.15) is 0 Å². The molecule has 1 aromatic rings. The van der Waals surface area contributed by atoms with Gasteiger partial charge in [0.05, 0.1) is 0 Å². The predicted molar refractivity (Wildman–Crippen MR) is 81.8 cm³/mol. The highest BCUT2D eigenvalue weighted by Crippen LogP contribution is 2.20. The Balaban J connectivity index is 1.69. The molecule has 2 bridgehead atoms. The third-order valence-electron chi connectivity index (χ3n) is 4.65. The second kappa shape index (κ2) is 6.66. The Morgan fingerprint density at radius 2 is 2.00 bits per heavy atom. The van der Waals surface area contributed by atoms with Gasteiger partial charge >= 0.3 is 0 Å². The van der Waals surface area contributed by atoms with Gasteiger partial charge in [0.15, 0.2) is 0 Å². The largest absolute Gasteiger partial charge is 0.312 e. The molecule has 2 unspecified atom stereocenters. The fourth-order valence-electron chi connectivity index (χ4n) is 3.49. The zero-order valence-electron chi connectivity index (χ0n) is 12.5. The molecule has 20 heavy (non-hydrogen) atoms. The van der Waals surface area contributed by atoms with Gasteiger partial charge in [0, 0.05) is 57.2 Å². The van der Waals surface area contributed by atoms with Crippen molar-refractivity contribution in [3.8, 4) is 0 Å². The lowest BCUT2D eigenvalue weighted by molar-refractivity contribution is -0.00310. The highest BCUT2D eigenvalue weighted by atomic mass is 15.4. The van der Waals surface area contributed by atoms with Crippen LogP contribution < -0.4 is 5.32 Å². The summed E-state index contributed by atoms with van der Waals surface area (Å²) in [6, 6.07) is 5.52. The Labute approximate surface area is 122 Å². The first kappa shape index (κ1) is 14.0. The van der Waals surface area contributed by atoms with E-state index in [1.165, 1.54) is 44.7 Å². The molecule has 0 saturated carbocycles. The Hall–Kier alpha value is -0.970. The van der Waals surface area contributed by atoms with Gasteiger partial charge in [0.25, 0.3) is 0 Å². The normalized spacial score (nSPS) is 30.4. The molecule has 4 rings (SSSR count). The number of hydrogen-bond acceptors (Lipinski definition) is 4. The second-order valence-corrected chi connectivity index (χ2v) is 6.02. The molecule has 0 amide bonds. The number of nitrogens with zero attached hydrogens (tertiary/aromatic N) is 3. The maximum absolute atomic E-state index is 4.13. The van der Waals surface area contributed by atoms with Crippen LogP contribution in [0.2, 0.25) is 0 Å². The zero-order valence-corrected chi connectivity index (χ0v) is 12.5. The topological polar surface area (TPSA) is 31.4 Å². The Kier molecular flexibility index (Phi) is 4.65. The minimum Gasteiger partial charge on any atom is -0.312 e. The summed E-state index contributed by atoms with van der Waals surface area (Å²) in [5.74, 6) is 0. The SMILES string of the molecule is CCCNC(Cc1ccncc1)C1CN2CCN1CC2. The first-order valence-electron chi connectivity index (χ1n) is 7.95. The third-order valence-corrected chi connectivity index (χ3v) is 4.65. The van der Waals surface area contributed by atoms with Crippen LogP contribution in [0, 0.1) is 0 Å². The van der Waals surface area contributed by atoms with E-state index in [0.29, 0.717) is 12.1 Å². The standard InChI is InChI=1S/C16H26N4/c1-2-5-18-15(12-14-3-6-17-7-4-14)16-13-19-8-10-20(16)11-9-19/h3-4,6-7,15-16,18H,2,5,8-13H2,1H3. The number of piperazine rings is 3. The fraction of sp³-hybridized carbons (Fsp3) is 0.688. The van der Waals surface area contributed by atoms with Gasteiger partial charge in [0.2, 0.25) is 0 Å². The summed E-state index contributed by atoms with van der Waals surface area (Å²) >= 11 is 0. The molecule has 0 aromatic carbocycles. The zero-order chi connectivity index (χ0) is 13.8. The van der Waals surface area contributed by atoms with Crippen molar-refractivity contribution in [1.82, 2.24) is 20.1 Å². The third kappa shape index (κ3) is 3.19. The molecule has 3 aliphatic heterocycles. The molecule has 4 heterocycles. The maximum Gasteiger partial charge on any atom is 0.0380 e. The van der Waals surface area contributed by atoms with E-state index in [1.54, 1.807) is 0 Å². The van der Waals surface area contributed by atoms with E-state index in [9.17, 15) is 0 Å². The lowest BCUT2D eigenvalue weighted by Gasteiger charge is -2.50. The number of pyridine rings is 1. The van der Waals surface area contributed by atoms with Gasteiger partial charge in [-0.3, -0.25) is 14.8 Å². The average Bonchev–Trinajstić information content (AvgIpc) is 2.53. The summed E-state index contributed by atoms with van der Waals surface area (Å²) in [4.78, 5) is 9.44. The number of hydrogen-bond donors (Lipinski definition) is 1. The van der Waals surface area contributed by atoms with Crippen LogP contribution in [0.4, 0.5) is 0 Å². The number of fused-ring (bicyclic) bond motifs is 3. The number of nitrogens with one attached hydrogen (secondary N) is 1. The molecule has 0 spiro atoms. The van der Waals surface area contributed by atoms with Crippen LogP contribution in [0.25, 0.3) is 0 Å². The summed E-state index contributed by atoms with van der Waals surface area (Å²) in [5, 5.41) is 3.78. The van der Waals surface area contributed by atoms with E-state index < -0.39 is 0 Å². The van der Waals surface area contributed by atoms with Crippen molar-refractivity contribution in [2.75, 3.05) is 39.3 Å². The Bertz CT molecular complexity index is 400. The molecular weight excluding hydrogens is 248 g/mol. The lowest BCUT2D eigenvalue weighted by atomic mass is 9.94. The number of rotatable bonds is 6. The van der Waals surface area contributed by atoms with Gasteiger partial charge in [-0.15, -0.1) is 0 Å². The van der Waals surface area contributed by atoms with Crippen molar-refractivity contribution in [3.63, 3.8) is 0 Å². The first-order chi connectivity index (χ1) is 9.86. The predicted octanol–water partition coefficient (Wildman–Crippen LogP) is 0.992. The van der Waals surface area contributed by atoms with E-state index in [4.69, 9.17) is 0 Å². The first-order valence-corrected chi connectivity index (χ1v) is 7.95. The molecule has 0 radical (unpaired) electrons. The molecule has 1 N–H and O–H groups in total. The second-order valence-electron chi connectivity index (χ2n) is 6.02. The molecule has 3 saturated heterocycles. The molecule has 1 aromatic heterocycles. The van der Waals surface area contributed by atoms with E-state index in [1.807, 2.05) is 12.4 Å². The molecule has 4 nitrogen and oxygen atoms in total. The summed E-state index contributed by atoms with van der Waals surface area (Å²) in [6.45, 7) is 9.58. The van der Waals surface area contributed by atoms with Crippen LogP contribution in [-0.4, -0.2) is 66.1 Å². The van der Waals surface area contributed by atoms with E-state index in [0.717, 1.165) is 13.0 Å². The molecular formula is C16H26N4. The van der Waals surface area contributed by atoms with Crippen molar-refractivity contribution in [2.24, 2.45) is 0 Å². The minimum absolute atomic E-state index is 0.556. The Morgan fingerprint density at radius 1 is 1.25 bits per heavy atom. The maximum atomic E-state index is 4.13. The molecule has 110 valence electrons. The van der Waals surface area contributed by atoms with Crippen molar-refractivity contribution in [3.05, 3.63) is 30.1 Å². The quantitative estimate of drug-likeness (QED) is 0.838.